The van der Waals surface area contributed by atoms with Crippen molar-refractivity contribution in [1.82, 2.24) is 9.99 Å². The van der Waals surface area contributed by atoms with Gasteiger partial charge in [-0.05, 0) is 79.3 Å². The first-order valence-electron chi connectivity index (χ1n) is 9.22. The maximum atomic E-state index is 12.1. The van der Waals surface area contributed by atoms with E-state index >= 15 is 0 Å². The lowest BCUT2D eigenvalue weighted by molar-refractivity contribution is -0.123. The van der Waals surface area contributed by atoms with Gasteiger partial charge in [0, 0.05) is 37.3 Å². The Hall–Kier alpha value is -1.74. The summed E-state index contributed by atoms with van der Waals surface area (Å²) < 4.78 is 8.77. The van der Waals surface area contributed by atoms with Crippen molar-refractivity contribution in [2.24, 2.45) is 5.10 Å². The van der Waals surface area contributed by atoms with E-state index in [9.17, 15) is 4.79 Å². The van der Waals surface area contributed by atoms with Crippen molar-refractivity contribution in [3.8, 4) is 11.4 Å². The summed E-state index contributed by atoms with van der Waals surface area (Å²) in [6.07, 6.45) is 1.61. The van der Waals surface area contributed by atoms with Crippen LogP contribution in [-0.2, 0) is 4.79 Å². The molecule has 162 valence electrons. The van der Waals surface area contributed by atoms with Gasteiger partial charge in [0.2, 0.25) is 0 Å². The third-order valence-electron chi connectivity index (χ3n) is 4.58. The number of hydrazone groups is 1. The normalized spacial score (nSPS) is 11.2. The van der Waals surface area contributed by atoms with Crippen LogP contribution in [0.15, 0.2) is 41.5 Å². The molecule has 0 aliphatic rings. The first-order valence-corrected chi connectivity index (χ1v) is 11.4. The molecular weight excluding hydrogens is 572 g/mol. The van der Waals surface area contributed by atoms with Crippen LogP contribution in [0.3, 0.4) is 0 Å². The van der Waals surface area contributed by atoms with Crippen LogP contribution in [-0.4, -0.2) is 23.3 Å². The molecule has 1 heterocycles. The van der Waals surface area contributed by atoms with Crippen LogP contribution >= 0.6 is 57.4 Å². The van der Waals surface area contributed by atoms with Crippen LogP contribution in [0.4, 0.5) is 0 Å². The molecular formula is C22H19Cl3IN3O2. The standard InChI is InChI=1S/C22H19Cl3IN3O2/c1-12-6-17(4-5-19(12)26)29-13(2)7-15(14(29)3)10-27-28-21(30)11-31-20-9-16(23)8-18(24)22(20)25/h4-10H,11H2,1-3H3,(H,28,30)/b27-10-. The van der Waals surface area contributed by atoms with Crippen molar-refractivity contribution in [3.05, 3.63) is 77.6 Å². The first kappa shape index (κ1) is 23.9. The summed E-state index contributed by atoms with van der Waals surface area (Å²) in [5.41, 5.74) is 7.75. The zero-order valence-electron chi connectivity index (χ0n) is 17.0. The fourth-order valence-electron chi connectivity index (χ4n) is 3.07. The van der Waals surface area contributed by atoms with Crippen LogP contribution in [0, 0.1) is 24.3 Å². The van der Waals surface area contributed by atoms with E-state index in [1.54, 1.807) is 6.21 Å². The molecule has 0 bridgehead atoms. The number of nitrogens with one attached hydrogen (secondary N) is 1. The molecule has 0 aliphatic heterocycles. The van der Waals surface area contributed by atoms with Crippen LogP contribution in [0.5, 0.6) is 5.75 Å². The van der Waals surface area contributed by atoms with E-state index in [0.29, 0.717) is 5.02 Å². The molecule has 1 amide bonds. The molecule has 0 aliphatic carbocycles. The minimum atomic E-state index is -0.439. The second-order valence-electron chi connectivity index (χ2n) is 6.88. The Labute approximate surface area is 209 Å². The van der Waals surface area contributed by atoms with E-state index in [1.165, 1.54) is 21.3 Å². The zero-order valence-corrected chi connectivity index (χ0v) is 21.4. The predicted molar refractivity (Wildman–Crippen MR) is 135 cm³/mol. The molecule has 1 aromatic heterocycles. The Morgan fingerprint density at radius 1 is 1.16 bits per heavy atom. The third kappa shape index (κ3) is 5.74. The van der Waals surface area contributed by atoms with E-state index in [1.807, 2.05) is 19.9 Å². The predicted octanol–water partition coefficient (Wildman–Crippen LogP) is 6.50. The molecule has 0 radical (unpaired) electrons. The van der Waals surface area contributed by atoms with Gasteiger partial charge in [-0.3, -0.25) is 4.79 Å². The Balaban J connectivity index is 1.66. The Bertz CT molecular complexity index is 1180. The fourth-order valence-corrected chi connectivity index (χ4v) is 4.04. The van der Waals surface area contributed by atoms with Gasteiger partial charge < -0.3 is 9.30 Å². The monoisotopic (exact) mass is 589 g/mol. The molecule has 0 atom stereocenters. The quantitative estimate of drug-likeness (QED) is 0.154. The summed E-state index contributed by atoms with van der Waals surface area (Å²) >= 11 is 20.3. The number of carbonyl (C=O) groups excluding carboxylic acids is 1. The van der Waals surface area contributed by atoms with Gasteiger partial charge in [-0.15, -0.1) is 0 Å². The van der Waals surface area contributed by atoms with Gasteiger partial charge in [0.05, 0.1) is 11.2 Å². The fraction of sp³-hybridized carbons (Fsp3) is 0.182. The highest BCUT2D eigenvalue weighted by Gasteiger charge is 2.12. The summed E-state index contributed by atoms with van der Waals surface area (Å²) in [6.45, 7) is 5.85. The highest BCUT2D eigenvalue weighted by Crippen LogP contribution is 2.35. The Kier molecular flexibility index (Phi) is 7.91. The van der Waals surface area contributed by atoms with Gasteiger partial charge >= 0.3 is 0 Å². The van der Waals surface area contributed by atoms with E-state index in [0.717, 1.165) is 22.6 Å². The number of benzene rings is 2. The van der Waals surface area contributed by atoms with Crippen molar-refractivity contribution in [1.29, 1.82) is 0 Å². The van der Waals surface area contributed by atoms with Crippen LogP contribution < -0.4 is 10.2 Å². The van der Waals surface area contributed by atoms with Crippen LogP contribution in [0.2, 0.25) is 15.1 Å². The molecule has 5 nitrogen and oxygen atoms in total. The number of aromatic nitrogens is 1. The van der Waals surface area contributed by atoms with Gasteiger partial charge in [-0.1, -0.05) is 34.8 Å². The molecule has 0 saturated carbocycles. The largest absolute Gasteiger partial charge is 0.482 e. The molecule has 3 aromatic rings. The number of nitrogens with zero attached hydrogens (tertiary/aromatic N) is 2. The number of hydrogen-bond acceptors (Lipinski definition) is 3. The van der Waals surface area contributed by atoms with E-state index in [-0.39, 0.29) is 22.4 Å². The number of amides is 1. The molecule has 0 saturated heterocycles. The molecule has 0 fully saturated rings. The van der Waals surface area contributed by atoms with Crippen LogP contribution in [0.25, 0.3) is 5.69 Å². The molecule has 2 aromatic carbocycles. The lowest BCUT2D eigenvalue weighted by Gasteiger charge is -2.11. The van der Waals surface area contributed by atoms with Crippen LogP contribution in [0.1, 0.15) is 22.5 Å². The minimum Gasteiger partial charge on any atom is -0.482 e. The van der Waals surface area contributed by atoms with Gasteiger partial charge in [-0.2, -0.15) is 5.10 Å². The molecule has 31 heavy (non-hydrogen) atoms. The zero-order chi connectivity index (χ0) is 22.7. The highest BCUT2D eigenvalue weighted by atomic mass is 127. The van der Waals surface area contributed by atoms with Crippen molar-refractivity contribution in [2.45, 2.75) is 20.8 Å². The Morgan fingerprint density at radius 3 is 2.61 bits per heavy atom. The molecule has 0 spiro atoms. The summed E-state index contributed by atoms with van der Waals surface area (Å²) in [5, 5.41) is 4.86. The smallest absolute Gasteiger partial charge is 0.277 e. The second kappa shape index (κ2) is 10.3. The van der Waals surface area contributed by atoms with Gasteiger partial charge in [0.15, 0.2) is 6.61 Å². The average molecular weight is 591 g/mol. The summed E-state index contributed by atoms with van der Waals surface area (Å²) in [7, 11) is 0. The number of ether oxygens (including phenoxy) is 1. The number of rotatable bonds is 6. The maximum absolute atomic E-state index is 12.1. The second-order valence-corrected chi connectivity index (χ2v) is 9.26. The number of aryl methyl sites for hydroxylation is 2. The van der Waals surface area contributed by atoms with Crippen molar-refractivity contribution in [3.63, 3.8) is 0 Å². The van der Waals surface area contributed by atoms with Gasteiger partial charge in [0.1, 0.15) is 10.8 Å². The summed E-state index contributed by atoms with van der Waals surface area (Å²) in [4.78, 5) is 12.1. The summed E-state index contributed by atoms with van der Waals surface area (Å²) in [5.74, 6) is -0.208. The topological polar surface area (TPSA) is 55.6 Å². The molecule has 3 rings (SSSR count). The molecule has 0 unspecified atom stereocenters. The highest BCUT2D eigenvalue weighted by molar-refractivity contribution is 14.1. The molecule has 9 heteroatoms. The van der Waals surface area contributed by atoms with Crippen molar-refractivity contribution >= 4 is 69.5 Å². The van der Waals surface area contributed by atoms with Gasteiger partial charge in [-0.25, -0.2) is 5.43 Å². The van der Waals surface area contributed by atoms with E-state index in [4.69, 9.17) is 39.5 Å². The average Bonchev–Trinajstić information content (AvgIpc) is 2.99. The van der Waals surface area contributed by atoms with Crippen molar-refractivity contribution < 1.29 is 9.53 Å². The number of halogens is 4. The molecule has 1 N–H and O–H groups in total. The first-order chi connectivity index (χ1) is 14.7. The minimum absolute atomic E-state index is 0.195. The van der Waals surface area contributed by atoms with E-state index < -0.39 is 5.91 Å². The van der Waals surface area contributed by atoms with Gasteiger partial charge in [0.25, 0.3) is 5.91 Å². The number of carbonyl (C=O) groups is 1. The lowest BCUT2D eigenvalue weighted by Crippen LogP contribution is -2.24. The SMILES string of the molecule is Cc1cc(-n2c(C)cc(/C=N\NC(=O)COc3cc(Cl)cc(Cl)c3Cl)c2C)ccc1I. The third-order valence-corrected chi connectivity index (χ3v) is 6.79. The number of hydrogen-bond donors (Lipinski definition) is 1. The Morgan fingerprint density at radius 2 is 1.90 bits per heavy atom. The summed E-state index contributed by atoms with van der Waals surface area (Å²) in [6, 6.07) is 11.3. The van der Waals surface area contributed by atoms with Crippen molar-refractivity contribution in [2.75, 3.05) is 6.61 Å². The van der Waals surface area contributed by atoms with E-state index in [2.05, 4.69) is 62.8 Å². The lowest BCUT2D eigenvalue weighted by atomic mass is 10.2. The maximum Gasteiger partial charge on any atom is 0.277 e.